The molecule has 7 heteroatoms. The number of Topliss-reactive ketones (excluding diaryl/α,β-unsaturated/α-hetero) is 1. The fourth-order valence-electron chi connectivity index (χ4n) is 3.43. The molecule has 1 saturated heterocycles. The molecule has 0 radical (unpaired) electrons. The molecule has 30 heavy (non-hydrogen) atoms. The van der Waals surface area contributed by atoms with Gasteiger partial charge in [0.25, 0.3) is 11.7 Å². The summed E-state index contributed by atoms with van der Waals surface area (Å²) in [4.78, 5) is 30.2. The van der Waals surface area contributed by atoms with E-state index in [0.717, 1.165) is 17.8 Å². The van der Waals surface area contributed by atoms with Gasteiger partial charge in [0.15, 0.2) is 0 Å². The molecule has 1 aromatic heterocycles. The molecule has 2 aromatic rings. The molecule has 1 atom stereocenters. The minimum Gasteiger partial charge on any atom is -0.507 e. The molecule has 3 rings (SSSR count). The van der Waals surface area contributed by atoms with Crippen LogP contribution in [-0.2, 0) is 9.59 Å². The van der Waals surface area contributed by atoms with Gasteiger partial charge >= 0.3 is 0 Å². The maximum atomic E-state index is 12.9. The van der Waals surface area contributed by atoms with Crippen LogP contribution in [0.1, 0.15) is 22.9 Å². The first-order valence-electron chi connectivity index (χ1n) is 9.74. The van der Waals surface area contributed by atoms with Crippen LogP contribution < -0.4 is 4.74 Å². The van der Waals surface area contributed by atoms with Crippen molar-refractivity contribution in [2.45, 2.75) is 12.5 Å². The standard InChI is InChI=1S/C23H26N2O4S/c1-4-14-29-17-10-8-16(9-11-17)21(26)19-20(18-7-5-15-30-18)25(23(28)22(19)27)13-6-12-24(2)3/h4-5,7-11,15,20,26H,1,6,12-14H2,2-3H3/t20-/m0/s1. The molecular formula is C23H26N2O4S. The highest BCUT2D eigenvalue weighted by molar-refractivity contribution is 7.10. The average Bonchev–Trinajstić information content (AvgIpc) is 3.34. The summed E-state index contributed by atoms with van der Waals surface area (Å²) in [7, 11) is 3.93. The number of rotatable bonds is 9. The summed E-state index contributed by atoms with van der Waals surface area (Å²) in [6.07, 6.45) is 2.38. The molecule has 0 aliphatic carbocycles. The van der Waals surface area contributed by atoms with Crippen LogP contribution in [-0.4, -0.2) is 60.4 Å². The summed E-state index contributed by atoms with van der Waals surface area (Å²) < 4.78 is 5.47. The maximum absolute atomic E-state index is 12.9. The van der Waals surface area contributed by atoms with E-state index in [9.17, 15) is 14.7 Å². The van der Waals surface area contributed by atoms with Gasteiger partial charge in [-0.15, -0.1) is 11.3 Å². The van der Waals surface area contributed by atoms with Crippen molar-refractivity contribution in [3.05, 3.63) is 70.4 Å². The highest BCUT2D eigenvalue weighted by Gasteiger charge is 2.46. The Morgan fingerprint density at radius 3 is 2.60 bits per heavy atom. The van der Waals surface area contributed by atoms with Crippen molar-refractivity contribution in [3.8, 4) is 5.75 Å². The van der Waals surface area contributed by atoms with E-state index in [1.54, 1.807) is 35.2 Å². The van der Waals surface area contributed by atoms with Gasteiger partial charge in [-0.3, -0.25) is 9.59 Å². The maximum Gasteiger partial charge on any atom is 0.295 e. The molecule has 1 fully saturated rings. The summed E-state index contributed by atoms with van der Waals surface area (Å²) >= 11 is 1.46. The third-order valence-electron chi connectivity index (χ3n) is 4.85. The monoisotopic (exact) mass is 426 g/mol. The number of nitrogens with zero attached hydrogens (tertiary/aromatic N) is 2. The zero-order valence-electron chi connectivity index (χ0n) is 17.2. The molecule has 0 saturated carbocycles. The van der Waals surface area contributed by atoms with Crippen molar-refractivity contribution in [2.75, 3.05) is 33.8 Å². The third kappa shape index (κ3) is 4.63. The Hall–Kier alpha value is -2.90. The average molecular weight is 427 g/mol. The smallest absolute Gasteiger partial charge is 0.295 e. The Balaban J connectivity index is 1.96. The predicted octanol–water partition coefficient (Wildman–Crippen LogP) is 3.69. The van der Waals surface area contributed by atoms with Gasteiger partial charge in [-0.1, -0.05) is 18.7 Å². The molecule has 1 aliphatic heterocycles. The van der Waals surface area contributed by atoms with E-state index in [-0.39, 0.29) is 11.3 Å². The van der Waals surface area contributed by atoms with Crippen LogP contribution in [0.25, 0.3) is 5.76 Å². The number of hydrogen-bond donors (Lipinski definition) is 1. The van der Waals surface area contributed by atoms with Crippen molar-refractivity contribution in [3.63, 3.8) is 0 Å². The minimum atomic E-state index is -0.650. The number of aliphatic hydroxyl groups excluding tert-OH is 1. The SMILES string of the molecule is C=CCOc1ccc(C(O)=C2C(=O)C(=O)N(CCCN(C)C)[C@H]2c2cccs2)cc1. The molecule has 6 nitrogen and oxygen atoms in total. The largest absolute Gasteiger partial charge is 0.507 e. The molecule has 158 valence electrons. The molecule has 0 bridgehead atoms. The second-order valence-corrected chi connectivity index (χ2v) is 8.27. The number of likely N-dealkylation sites (tertiary alicyclic amines) is 1. The van der Waals surface area contributed by atoms with Crippen LogP contribution in [0.4, 0.5) is 0 Å². The third-order valence-corrected chi connectivity index (χ3v) is 5.78. The Morgan fingerprint density at radius 1 is 1.27 bits per heavy atom. The Labute approximate surface area is 180 Å². The number of ketones is 1. The number of amides is 1. The first kappa shape index (κ1) is 21.8. The number of thiophene rings is 1. The topological polar surface area (TPSA) is 70.1 Å². The van der Waals surface area contributed by atoms with Crippen LogP contribution in [0.2, 0.25) is 0 Å². The number of ether oxygens (including phenoxy) is 1. The number of benzene rings is 1. The van der Waals surface area contributed by atoms with Gasteiger partial charge in [0.2, 0.25) is 0 Å². The fraction of sp³-hybridized carbons (Fsp3) is 0.304. The fourth-order valence-corrected chi connectivity index (χ4v) is 4.28. The second-order valence-electron chi connectivity index (χ2n) is 7.29. The minimum absolute atomic E-state index is 0.132. The van der Waals surface area contributed by atoms with Crippen molar-refractivity contribution < 1.29 is 19.4 Å². The van der Waals surface area contributed by atoms with Crippen molar-refractivity contribution in [1.29, 1.82) is 0 Å². The lowest BCUT2D eigenvalue weighted by Crippen LogP contribution is -2.32. The van der Waals surface area contributed by atoms with Crippen LogP contribution >= 0.6 is 11.3 Å². The van der Waals surface area contributed by atoms with E-state index < -0.39 is 17.7 Å². The van der Waals surface area contributed by atoms with E-state index in [2.05, 4.69) is 6.58 Å². The van der Waals surface area contributed by atoms with E-state index in [0.29, 0.717) is 24.5 Å². The first-order chi connectivity index (χ1) is 14.4. The molecule has 1 amide bonds. The summed E-state index contributed by atoms with van der Waals surface area (Å²) in [6.45, 7) is 5.23. The molecule has 0 spiro atoms. The predicted molar refractivity (Wildman–Crippen MR) is 119 cm³/mol. The summed E-state index contributed by atoms with van der Waals surface area (Å²) in [6, 6.07) is 9.98. The number of carbonyl (C=O) groups excluding carboxylic acids is 2. The van der Waals surface area contributed by atoms with Gasteiger partial charge in [-0.25, -0.2) is 0 Å². The van der Waals surface area contributed by atoms with Crippen molar-refractivity contribution in [1.82, 2.24) is 9.80 Å². The number of hydrogen-bond acceptors (Lipinski definition) is 6. The molecular weight excluding hydrogens is 400 g/mol. The van der Waals surface area contributed by atoms with Gasteiger partial charge < -0.3 is 19.6 Å². The van der Waals surface area contributed by atoms with E-state index in [4.69, 9.17) is 4.74 Å². The summed E-state index contributed by atoms with van der Waals surface area (Å²) in [5.41, 5.74) is 0.598. The zero-order chi connectivity index (χ0) is 21.7. The van der Waals surface area contributed by atoms with Gasteiger partial charge in [0, 0.05) is 17.0 Å². The van der Waals surface area contributed by atoms with Crippen LogP contribution in [0.3, 0.4) is 0 Å². The van der Waals surface area contributed by atoms with E-state index in [1.165, 1.54) is 11.3 Å². The summed E-state index contributed by atoms with van der Waals surface area (Å²) in [5.74, 6) is -0.759. The molecule has 1 aromatic carbocycles. The van der Waals surface area contributed by atoms with Crippen molar-refractivity contribution >= 4 is 28.8 Å². The lowest BCUT2D eigenvalue weighted by atomic mass is 10.00. The van der Waals surface area contributed by atoms with Gasteiger partial charge in [0.05, 0.1) is 11.6 Å². The second kappa shape index (κ2) is 9.73. The van der Waals surface area contributed by atoms with Gasteiger partial charge in [0.1, 0.15) is 18.1 Å². The quantitative estimate of drug-likeness (QED) is 0.287. The molecule has 2 heterocycles. The van der Waals surface area contributed by atoms with Crippen LogP contribution in [0.15, 0.2) is 60.0 Å². The van der Waals surface area contributed by atoms with Gasteiger partial charge in [-0.05, 0) is 62.8 Å². The van der Waals surface area contributed by atoms with E-state index >= 15 is 0 Å². The highest BCUT2D eigenvalue weighted by Crippen LogP contribution is 2.41. The lowest BCUT2D eigenvalue weighted by Gasteiger charge is -2.24. The zero-order valence-corrected chi connectivity index (χ0v) is 18.0. The van der Waals surface area contributed by atoms with Crippen molar-refractivity contribution in [2.24, 2.45) is 0 Å². The number of carbonyl (C=O) groups is 2. The lowest BCUT2D eigenvalue weighted by molar-refractivity contribution is -0.139. The summed E-state index contributed by atoms with van der Waals surface area (Å²) in [5, 5.41) is 12.9. The Kier molecular flexibility index (Phi) is 7.07. The molecule has 0 unspecified atom stereocenters. The normalized spacial score (nSPS) is 18.2. The van der Waals surface area contributed by atoms with Gasteiger partial charge in [-0.2, -0.15) is 0 Å². The first-order valence-corrected chi connectivity index (χ1v) is 10.6. The Morgan fingerprint density at radius 2 is 2.00 bits per heavy atom. The van der Waals surface area contributed by atoms with Crippen LogP contribution in [0.5, 0.6) is 5.75 Å². The Bertz CT molecular complexity index is 933. The molecule has 1 aliphatic rings. The van der Waals surface area contributed by atoms with Crippen LogP contribution in [0, 0.1) is 0 Å². The van der Waals surface area contributed by atoms with E-state index in [1.807, 2.05) is 36.5 Å². The highest BCUT2D eigenvalue weighted by atomic mass is 32.1. The molecule has 1 N–H and O–H groups in total. The number of aliphatic hydroxyl groups is 1.